The Morgan fingerprint density at radius 2 is 2.07 bits per heavy atom. The van der Waals surface area contributed by atoms with Crippen LogP contribution in [-0.4, -0.2) is 20.1 Å². The van der Waals surface area contributed by atoms with Gasteiger partial charge in [0.25, 0.3) is 0 Å². The molecule has 5 nitrogen and oxygen atoms in total. The van der Waals surface area contributed by atoms with Crippen molar-refractivity contribution in [2.45, 2.75) is 5.75 Å². The number of hydrogen-bond acceptors (Lipinski definition) is 5. The second-order valence-electron chi connectivity index (χ2n) is 2.77. The molecule has 1 aromatic rings. The van der Waals surface area contributed by atoms with Crippen LogP contribution in [0.2, 0.25) is 0 Å². The molecular weight excluding hydrogens is 229 g/mol. The quantitative estimate of drug-likeness (QED) is 0.353. The molecule has 0 saturated carbocycles. The molecular formula is C8H10NNaO4S. The first-order chi connectivity index (χ1) is 6.42. The molecule has 2 N–H and O–H groups in total. The Labute approximate surface area is 111 Å². The van der Waals surface area contributed by atoms with Crippen molar-refractivity contribution < 1.29 is 47.3 Å². The van der Waals surface area contributed by atoms with Gasteiger partial charge >= 0.3 is 29.6 Å². The van der Waals surface area contributed by atoms with E-state index in [1.807, 2.05) is 0 Å². The summed E-state index contributed by atoms with van der Waals surface area (Å²) in [4.78, 5) is 0. The standard InChI is InChI=1S/C8H11NO4S.Na/c1-13-8-4-7(9)3-2-6(8)5-14(10,11)12;/h2-4H,5,9H2,1H3,(H,10,11,12);/q;+1/p-1. The fourth-order valence-electron chi connectivity index (χ4n) is 1.07. The third-order valence-corrected chi connectivity index (χ3v) is 2.31. The second kappa shape index (κ2) is 5.72. The van der Waals surface area contributed by atoms with E-state index in [1.54, 1.807) is 0 Å². The van der Waals surface area contributed by atoms with Crippen molar-refractivity contribution >= 4 is 15.8 Å². The maximum Gasteiger partial charge on any atom is 1.00 e. The topological polar surface area (TPSA) is 92.5 Å². The molecule has 0 saturated heterocycles. The van der Waals surface area contributed by atoms with E-state index in [0.717, 1.165) is 0 Å². The third-order valence-electron chi connectivity index (χ3n) is 1.64. The number of rotatable bonds is 3. The SMILES string of the molecule is COc1cc(N)ccc1CS(=O)(=O)[O-].[Na+]. The first kappa shape index (κ1) is 14.7. The fraction of sp³-hybridized carbons (Fsp3) is 0.250. The van der Waals surface area contributed by atoms with Gasteiger partial charge in [0, 0.05) is 17.3 Å². The Morgan fingerprint density at radius 1 is 1.47 bits per heavy atom. The minimum Gasteiger partial charge on any atom is -0.748 e. The Hall–Kier alpha value is -0.270. The molecule has 0 aliphatic heterocycles. The summed E-state index contributed by atoms with van der Waals surface area (Å²) in [6, 6.07) is 4.45. The minimum absolute atomic E-state index is 0. The maximum absolute atomic E-state index is 10.5. The summed E-state index contributed by atoms with van der Waals surface area (Å²) in [6.45, 7) is 0. The van der Waals surface area contributed by atoms with Crippen LogP contribution in [0.4, 0.5) is 5.69 Å². The summed E-state index contributed by atoms with van der Waals surface area (Å²) >= 11 is 0. The van der Waals surface area contributed by atoms with Crippen molar-refractivity contribution in [3.63, 3.8) is 0 Å². The summed E-state index contributed by atoms with van der Waals surface area (Å²) < 4.78 is 36.4. The smallest absolute Gasteiger partial charge is 0.748 e. The molecule has 0 heterocycles. The number of methoxy groups -OCH3 is 1. The number of nitrogens with two attached hydrogens (primary N) is 1. The summed E-state index contributed by atoms with van der Waals surface area (Å²) in [6.07, 6.45) is 0. The van der Waals surface area contributed by atoms with Crippen LogP contribution < -0.4 is 40.0 Å². The van der Waals surface area contributed by atoms with E-state index in [1.165, 1.54) is 25.3 Å². The van der Waals surface area contributed by atoms with Crippen LogP contribution in [0.1, 0.15) is 5.56 Å². The molecule has 0 fully saturated rings. The first-order valence-corrected chi connectivity index (χ1v) is 5.36. The van der Waals surface area contributed by atoms with E-state index in [9.17, 15) is 13.0 Å². The molecule has 0 aliphatic rings. The van der Waals surface area contributed by atoms with Crippen molar-refractivity contribution in [2.24, 2.45) is 0 Å². The number of anilines is 1. The van der Waals surface area contributed by atoms with Gasteiger partial charge in [0.1, 0.15) is 5.75 Å². The molecule has 0 atom stereocenters. The van der Waals surface area contributed by atoms with E-state index in [-0.39, 0.29) is 29.6 Å². The molecule has 0 radical (unpaired) electrons. The van der Waals surface area contributed by atoms with Crippen molar-refractivity contribution in [3.8, 4) is 5.75 Å². The zero-order valence-corrected chi connectivity index (χ0v) is 11.4. The molecule has 1 rings (SSSR count). The van der Waals surface area contributed by atoms with Gasteiger partial charge in [-0.2, -0.15) is 0 Å². The zero-order chi connectivity index (χ0) is 10.8. The predicted octanol–water partition coefficient (Wildman–Crippen LogP) is -2.67. The van der Waals surface area contributed by atoms with Crippen LogP contribution in [0.3, 0.4) is 0 Å². The molecule has 7 heteroatoms. The van der Waals surface area contributed by atoms with E-state index >= 15 is 0 Å². The van der Waals surface area contributed by atoms with Crippen LogP contribution in [0.25, 0.3) is 0 Å². The monoisotopic (exact) mass is 239 g/mol. The van der Waals surface area contributed by atoms with Gasteiger partial charge in [-0.3, -0.25) is 0 Å². The van der Waals surface area contributed by atoms with E-state index in [2.05, 4.69) is 0 Å². The Kier molecular flexibility index (Phi) is 5.61. The van der Waals surface area contributed by atoms with Crippen LogP contribution in [-0.2, 0) is 15.9 Å². The van der Waals surface area contributed by atoms with Crippen LogP contribution >= 0.6 is 0 Å². The first-order valence-electron chi connectivity index (χ1n) is 3.78. The van der Waals surface area contributed by atoms with Crippen molar-refractivity contribution in [3.05, 3.63) is 23.8 Å². The van der Waals surface area contributed by atoms with E-state index in [0.29, 0.717) is 17.0 Å². The third kappa shape index (κ3) is 4.85. The summed E-state index contributed by atoms with van der Waals surface area (Å²) in [5.41, 5.74) is 6.23. The molecule has 0 aliphatic carbocycles. The number of nitrogen functional groups attached to an aromatic ring is 1. The normalized spacial score (nSPS) is 10.5. The number of ether oxygens (including phenoxy) is 1. The Bertz CT molecular complexity index is 432. The van der Waals surface area contributed by atoms with Gasteiger partial charge in [0.2, 0.25) is 0 Å². The molecule has 0 amide bonds. The van der Waals surface area contributed by atoms with Gasteiger partial charge in [-0.05, 0) is 6.07 Å². The van der Waals surface area contributed by atoms with Crippen LogP contribution in [0, 0.1) is 0 Å². The molecule has 0 spiro atoms. The molecule has 15 heavy (non-hydrogen) atoms. The fourth-order valence-corrected chi connectivity index (χ4v) is 1.69. The molecule has 0 bridgehead atoms. The van der Waals surface area contributed by atoms with Crippen molar-refractivity contribution in [1.29, 1.82) is 0 Å². The average molecular weight is 239 g/mol. The summed E-state index contributed by atoms with van der Waals surface area (Å²) in [5.74, 6) is -0.277. The van der Waals surface area contributed by atoms with Gasteiger partial charge < -0.3 is 15.0 Å². The molecule has 78 valence electrons. The minimum atomic E-state index is -4.29. The van der Waals surface area contributed by atoms with Crippen molar-refractivity contribution in [1.82, 2.24) is 0 Å². The second-order valence-corrected chi connectivity index (χ2v) is 4.18. The molecule has 0 aromatic heterocycles. The van der Waals surface area contributed by atoms with Crippen LogP contribution in [0.15, 0.2) is 18.2 Å². The van der Waals surface area contributed by atoms with Gasteiger partial charge in [-0.25, -0.2) is 8.42 Å². The Morgan fingerprint density at radius 3 is 2.53 bits per heavy atom. The van der Waals surface area contributed by atoms with Gasteiger partial charge in [0.15, 0.2) is 0 Å². The predicted molar refractivity (Wildman–Crippen MR) is 50.8 cm³/mol. The summed E-state index contributed by atoms with van der Waals surface area (Å²) in [5, 5.41) is 0. The Balaban J connectivity index is 0.00000196. The average Bonchev–Trinajstić information content (AvgIpc) is 2.06. The van der Waals surface area contributed by atoms with Gasteiger partial charge in [-0.1, -0.05) is 6.07 Å². The van der Waals surface area contributed by atoms with E-state index in [4.69, 9.17) is 10.5 Å². The molecule has 1 aromatic carbocycles. The van der Waals surface area contributed by atoms with E-state index < -0.39 is 15.9 Å². The van der Waals surface area contributed by atoms with Gasteiger partial charge in [-0.15, -0.1) is 0 Å². The van der Waals surface area contributed by atoms with Gasteiger partial charge in [0.05, 0.1) is 23.0 Å². The largest absolute Gasteiger partial charge is 1.00 e. The number of hydrogen-bond donors (Lipinski definition) is 1. The van der Waals surface area contributed by atoms with Crippen LogP contribution in [0.5, 0.6) is 5.75 Å². The van der Waals surface area contributed by atoms with Crippen molar-refractivity contribution in [2.75, 3.05) is 12.8 Å². The zero-order valence-electron chi connectivity index (χ0n) is 8.56. The summed E-state index contributed by atoms with van der Waals surface area (Å²) in [7, 11) is -2.91. The molecule has 0 unspecified atom stereocenters. The number of benzene rings is 1. The maximum atomic E-state index is 10.5.